The van der Waals surface area contributed by atoms with Crippen LogP contribution in [0.15, 0.2) is 6.07 Å². The van der Waals surface area contributed by atoms with E-state index < -0.39 is 31.3 Å². The van der Waals surface area contributed by atoms with Crippen molar-refractivity contribution in [1.82, 2.24) is 10.2 Å². The van der Waals surface area contributed by atoms with Gasteiger partial charge in [-0.15, -0.1) is 5.10 Å². The minimum absolute atomic E-state index is 0.109. The van der Waals surface area contributed by atoms with Crippen LogP contribution >= 0.6 is 0 Å². The van der Waals surface area contributed by atoms with Gasteiger partial charge in [0.2, 0.25) is 5.88 Å². The Labute approximate surface area is 106 Å². The monoisotopic (exact) mass is 282 g/mol. The van der Waals surface area contributed by atoms with Gasteiger partial charge in [-0.05, 0) is 6.92 Å². The van der Waals surface area contributed by atoms with E-state index in [-0.39, 0.29) is 18.2 Å². The molecule has 0 aliphatic rings. The number of halogens is 3. The minimum Gasteiger partial charge on any atom is -0.464 e. The quantitative estimate of drug-likeness (QED) is 0.768. The maximum absolute atomic E-state index is 12.5. The summed E-state index contributed by atoms with van der Waals surface area (Å²) in [7, 11) is 0. The zero-order valence-corrected chi connectivity index (χ0v) is 10.0. The predicted octanol–water partition coefficient (Wildman–Crippen LogP) is 1.28. The number of aliphatic hydroxyl groups excluding tert-OH is 1. The molecule has 2 N–H and O–H groups in total. The molecule has 6 nitrogen and oxygen atoms in total. The highest BCUT2D eigenvalue weighted by Gasteiger charge is 2.41. The summed E-state index contributed by atoms with van der Waals surface area (Å²) in [6, 6.07) is 1.01. The average Bonchev–Trinajstić information content (AvgIpc) is 2.76. The molecule has 1 unspecified atom stereocenters. The van der Waals surface area contributed by atoms with Crippen LogP contribution in [0.3, 0.4) is 0 Å². The van der Waals surface area contributed by atoms with Crippen LogP contribution in [0.2, 0.25) is 0 Å². The predicted molar refractivity (Wildman–Crippen MR) is 56.7 cm³/mol. The minimum atomic E-state index is -4.63. The molecule has 1 heterocycles. The summed E-state index contributed by atoms with van der Waals surface area (Å²) in [5.74, 6) is -1.13. The van der Waals surface area contributed by atoms with E-state index in [9.17, 15) is 18.0 Å². The number of aromatic amines is 1. The molecule has 108 valence electrons. The van der Waals surface area contributed by atoms with E-state index in [0.29, 0.717) is 0 Å². The molecule has 9 heteroatoms. The number of nitrogens with one attached hydrogen (secondary N) is 1. The van der Waals surface area contributed by atoms with Crippen LogP contribution in [-0.2, 0) is 4.74 Å². The molecule has 0 spiro atoms. The Bertz CT molecular complexity index is 419. The fourth-order valence-electron chi connectivity index (χ4n) is 1.23. The molecule has 1 aromatic heterocycles. The Balaban J connectivity index is 2.73. The van der Waals surface area contributed by atoms with Gasteiger partial charge < -0.3 is 14.6 Å². The summed E-state index contributed by atoms with van der Waals surface area (Å²) in [4.78, 5) is 11.3. The first-order chi connectivity index (χ1) is 8.88. The molecular formula is C10H13F3N2O4. The maximum atomic E-state index is 12.5. The largest absolute Gasteiger partial charge is 0.464 e. The fraction of sp³-hybridized carbons (Fsp3) is 0.600. The van der Waals surface area contributed by atoms with Gasteiger partial charge in [-0.2, -0.15) is 13.2 Å². The number of esters is 1. The zero-order chi connectivity index (χ0) is 14.5. The summed E-state index contributed by atoms with van der Waals surface area (Å²) in [5, 5.41) is 14.2. The van der Waals surface area contributed by atoms with Gasteiger partial charge in [0.05, 0.1) is 6.61 Å². The van der Waals surface area contributed by atoms with E-state index in [1.807, 2.05) is 0 Å². The van der Waals surface area contributed by atoms with Crippen molar-refractivity contribution in [2.24, 2.45) is 0 Å². The summed E-state index contributed by atoms with van der Waals surface area (Å²) in [5.41, 5.74) is -0.109. The van der Waals surface area contributed by atoms with Crippen molar-refractivity contribution in [2.45, 2.75) is 25.6 Å². The number of rotatable bonds is 6. The molecule has 0 aliphatic carbocycles. The lowest BCUT2D eigenvalue weighted by Crippen LogP contribution is -2.35. The molecule has 0 bridgehead atoms. The Kier molecular flexibility index (Phi) is 5.16. The van der Waals surface area contributed by atoms with Crippen molar-refractivity contribution in [3.05, 3.63) is 11.8 Å². The van der Waals surface area contributed by atoms with E-state index >= 15 is 0 Å². The molecule has 1 aromatic rings. The molecule has 0 radical (unpaired) electrons. The highest BCUT2D eigenvalue weighted by atomic mass is 19.4. The summed E-state index contributed by atoms with van der Waals surface area (Å²) in [6.45, 7) is 1.04. The van der Waals surface area contributed by atoms with Crippen LogP contribution in [0.1, 0.15) is 23.8 Å². The lowest BCUT2D eigenvalue weighted by molar-refractivity contribution is -0.199. The van der Waals surface area contributed by atoms with Gasteiger partial charge in [-0.3, -0.25) is 5.10 Å². The lowest BCUT2D eigenvalue weighted by Gasteiger charge is -2.19. The van der Waals surface area contributed by atoms with Crippen LogP contribution in [0, 0.1) is 0 Å². The summed E-state index contributed by atoms with van der Waals surface area (Å²) >= 11 is 0. The molecule has 1 atom stereocenters. The maximum Gasteiger partial charge on any atom is 0.425 e. The van der Waals surface area contributed by atoms with Gasteiger partial charge in [0.1, 0.15) is 5.69 Å². The first-order valence-electron chi connectivity index (χ1n) is 5.45. The lowest BCUT2D eigenvalue weighted by atomic mass is 10.2. The van der Waals surface area contributed by atoms with Crippen molar-refractivity contribution in [3.63, 3.8) is 0 Å². The van der Waals surface area contributed by atoms with E-state index in [4.69, 9.17) is 5.11 Å². The molecule has 0 fully saturated rings. The van der Waals surface area contributed by atoms with E-state index in [0.717, 1.165) is 6.07 Å². The topological polar surface area (TPSA) is 84.4 Å². The number of hydrogen-bond acceptors (Lipinski definition) is 5. The van der Waals surface area contributed by atoms with E-state index in [2.05, 4.69) is 19.7 Å². The Morgan fingerprint density at radius 3 is 2.79 bits per heavy atom. The number of aromatic nitrogens is 2. The van der Waals surface area contributed by atoms with Gasteiger partial charge in [0.25, 0.3) is 0 Å². The van der Waals surface area contributed by atoms with Gasteiger partial charge in [0.15, 0.2) is 6.10 Å². The number of H-pyrrole nitrogens is 1. The molecular weight excluding hydrogens is 269 g/mol. The molecule has 1 rings (SSSR count). The third-order valence-corrected chi connectivity index (χ3v) is 2.07. The normalized spacial score (nSPS) is 13.1. The second kappa shape index (κ2) is 6.41. The summed E-state index contributed by atoms with van der Waals surface area (Å²) in [6.07, 6.45) is -7.44. The standard InChI is InChI=1S/C10H13F3N2O4/c1-2-18-9(17)6-5-8(15-14-6)19-7(3-4-16)10(11,12)13/h5,7,16H,2-4H2,1H3,(H,14,15). The average molecular weight is 282 g/mol. The zero-order valence-electron chi connectivity index (χ0n) is 10.0. The smallest absolute Gasteiger partial charge is 0.425 e. The fourth-order valence-corrected chi connectivity index (χ4v) is 1.23. The molecule has 0 saturated carbocycles. The number of nitrogens with zero attached hydrogens (tertiary/aromatic N) is 1. The Morgan fingerprint density at radius 1 is 1.58 bits per heavy atom. The van der Waals surface area contributed by atoms with Crippen molar-refractivity contribution in [3.8, 4) is 5.88 Å². The highest BCUT2D eigenvalue weighted by Crippen LogP contribution is 2.26. The second-order valence-corrected chi connectivity index (χ2v) is 3.50. The summed E-state index contributed by atoms with van der Waals surface area (Å²) < 4.78 is 46.8. The number of carbonyl (C=O) groups excluding carboxylic acids is 1. The van der Waals surface area contributed by atoms with Gasteiger partial charge in [-0.1, -0.05) is 0 Å². The van der Waals surface area contributed by atoms with Gasteiger partial charge in [-0.25, -0.2) is 4.79 Å². The van der Waals surface area contributed by atoms with Crippen LogP contribution in [0.25, 0.3) is 0 Å². The number of carbonyl (C=O) groups is 1. The number of ether oxygens (including phenoxy) is 2. The second-order valence-electron chi connectivity index (χ2n) is 3.50. The van der Waals surface area contributed by atoms with Gasteiger partial charge in [0, 0.05) is 19.1 Å². The number of aliphatic hydroxyl groups is 1. The van der Waals surface area contributed by atoms with Crippen molar-refractivity contribution < 1.29 is 32.5 Å². The SMILES string of the molecule is CCOC(=O)c1cc(OC(CCO)C(F)(F)F)n[nH]1. The molecule has 0 saturated heterocycles. The van der Waals surface area contributed by atoms with Crippen LogP contribution in [0.4, 0.5) is 13.2 Å². The van der Waals surface area contributed by atoms with Crippen LogP contribution < -0.4 is 4.74 Å². The Morgan fingerprint density at radius 2 is 2.26 bits per heavy atom. The Hall–Kier alpha value is -1.77. The first kappa shape index (κ1) is 15.3. The molecule has 0 aromatic carbocycles. The molecule has 0 aliphatic heterocycles. The number of hydrogen-bond donors (Lipinski definition) is 2. The third kappa shape index (κ3) is 4.43. The van der Waals surface area contributed by atoms with E-state index in [1.54, 1.807) is 6.92 Å². The highest BCUT2D eigenvalue weighted by molar-refractivity contribution is 5.87. The van der Waals surface area contributed by atoms with Crippen molar-refractivity contribution >= 4 is 5.97 Å². The van der Waals surface area contributed by atoms with Crippen LogP contribution in [-0.4, -0.2) is 46.8 Å². The van der Waals surface area contributed by atoms with Crippen molar-refractivity contribution in [2.75, 3.05) is 13.2 Å². The third-order valence-electron chi connectivity index (χ3n) is 2.07. The van der Waals surface area contributed by atoms with Crippen molar-refractivity contribution in [1.29, 1.82) is 0 Å². The first-order valence-corrected chi connectivity index (χ1v) is 5.45. The van der Waals surface area contributed by atoms with E-state index in [1.165, 1.54) is 0 Å². The molecule has 19 heavy (non-hydrogen) atoms. The van der Waals surface area contributed by atoms with Crippen LogP contribution in [0.5, 0.6) is 5.88 Å². The van der Waals surface area contributed by atoms with Gasteiger partial charge >= 0.3 is 12.1 Å². The molecule has 0 amide bonds. The number of alkyl halides is 3.